The topological polar surface area (TPSA) is 58.6 Å². The first kappa shape index (κ1) is 18.1. The highest BCUT2D eigenvalue weighted by Gasteiger charge is 2.35. The number of hydrogen-bond acceptors (Lipinski definition) is 3. The van der Waals surface area contributed by atoms with Crippen molar-refractivity contribution in [2.75, 3.05) is 11.4 Å². The molecule has 0 radical (unpaired) electrons. The largest absolute Gasteiger partial charge is 0.573 e. The first-order valence-electron chi connectivity index (χ1n) is 7.62. The van der Waals surface area contributed by atoms with Gasteiger partial charge < -0.3 is 15.0 Å². The third-order valence-corrected chi connectivity index (χ3v) is 3.50. The van der Waals surface area contributed by atoms with Gasteiger partial charge in [-0.25, -0.2) is 0 Å². The fraction of sp³-hybridized carbons (Fsp3) is 0.500. The normalized spacial score (nSPS) is 18.2. The van der Waals surface area contributed by atoms with Gasteiger partial charge in [-0.1, -0.05) is 19.9 Å². The molecule has 24 heavy (non-hydrogen) atoms. The van der Waals surface area contributed by atoms with Gasteiger partial charge in [0.05, 0.1) is 0 Å². The van der Waals surface area contributed by atoms with Gasteiger partial charge in [-0.05, 0) is 24.5 Å². The number of ether oxygens (including phenoxy) is 1. The Morgan fingerprint density at radius 2 is 2.12 bits per heavy atom. The summed E-state index contributed by atoms with van der Waals surface area (Å²) in [4.78, 5) is 25.5. The van der Waals surface area contributed by atoms with E-state index in [-0.39, 0.29) is 23.5 Å². The highest BCUT2D eigenvalue weighted by molar-refractivity contribution is 6.01. The van der Waals surface area contributed by atoms with Crippen molar-refractivity contribution in [2.24, 2.45) is 5.92 Å². The number of hydrogen-bond donors (Lipinski definition) is 1. The van der Waals surface area contributed by atoms with Crippen LogP contribution >= 0.6 is 0 Å². The molecular weight excluding hydrogens is 325 g/mol. The van der Waals surface area contributed by atoms with Crippen LogP contribution in [0.25, 0.3) is 0 Å². The molecule has 1 aromatic rings. The van der Waals surface area contributed by atoms with Gasteiger partial charge in [0, 0.05) is 24.7 Å². The molecule has 2 amide bonds. The Morgan fingerprint density at radius 3 is 2.75 bits per heavy atom. The molecule has 1 N–H and O–H groups in total. The van der Waals surface area contributed by atoms with Crippen LogP contribution in [0.1, 0.15) is 26.7 Å². The number of benzene rings is 1. The van der Waals surface area contributed by atoms with Crippen LogP contribution in [-0.2, 0) is 9.59 Å². The molecule has 0 saturated carbocycles. The van der Waals surface area contributed by atoms with E-state index in [1.165, 1.54) is 23.1 Å². The number of carbonyl (C=O) groups is 2. The van der Waals surface area contributed by atoms with Crippen LogP contribution in [0.2, 0.25) is 0 Å². The Balaban J connectivity index is 2.05. The summed E-state index contributed by atoms with van der Waals surface area (Å²) in [7, 11) is 0. The fourth-order valence-electron chi connectivity index (χ4n) is 2.54. The first-order chi connectivity index (χ1) is 11.2. The molecule has 1 atom stereocenters. The molecule has 0 aliphatic carbocycles. The molecule has 132 valence electrons. The zero-order valence-corrected chi connectivity index (χ0v) is 13.4. The Hall–Kier alpha value is -2.25. The number of amides is 2. The van der Waals surface area contributed by atoms with Crippen molar-refractivity contribution in [1.29, 1.82) is 0 Å². The second-order valence-corrected chi connectivity index (χ2v) is 6.04. The fourth-order valence-corrected chi connectivity index (χ4v) is 2.54. The Morgan fingerprint density at radius 1 is 1.42 bits per heavy atom. The lowest BCUT2D eigenvalue weighted by molar-refractivity contribution is -0.274. The molecule has 1 unspecified atom stereocenters. The van der Waals surface area contributed by atoms with E-state index in [9.17, 15) is 22.8 Å². The van der Waals surface area contributed by atoms with E-state index < -0.39 is 12.4 Å². The van der Waals surface area contributed by atoms with E-state index in [0.29, 0.717) is 25.1 Å². The zero-order valence-electron chi connectivity index (χ0n) is 13.4. The van der Waals surface area contributed by atoms with Crippen LogP contribution in [-0.4, -0.2) is 30.8 Å². The monoisotopic (exact) mass is 344 g/mol. The molecule has 1 heterocycles. The van der Waals surface area contributed by atoms with Crippen LogP contribution in [0.3, 0.4) is 0 Å². The van der Waals surface area contributed by atoms with Crippen molar-refractivity contribution in [1.82, 2.24) is 5.32 Å². The van der Waals surface area contributed by atoms with Crippen molar-refractivity contribution in [3.63, 3.8) is 0 Å². The number of nitrogens with one attached hydrogen (secondary N) is 1. The van der Waals surface area contributed by atoms with E-state index in [1.807, 2.05) is 13.8 Å². The predicted octanol–water partition coefficient (Wildman–Crippen LogP) is 2.85. The van der Waals surface area contributed by atoms with Gasteiger partial charge >= 0.3 is 6.36 Å². The minimum Gasteiger partial charge on any atom is -0.406 e. The Labute approximate surface area is 137 Å². The minimum atomic E-state index is -4.79. The first-order valence-corrected chi connectivity index (χ1v) is 7.62. The average molecular weight is 344 g/mol. The van der Waals surface area contributed by atoms with Gasteiger partial charge in [0.25, 0.3) is 0 Å². The SMILES string of the molecule is CC(C)CC(=O)NC1CCN(c2cccc(OC(F)(F)F)c2)C1=O. The highest BCUT2D eigenvalue weighted by Crippen LogP contribution is 2.29. The van der Waals surface area contributed by atoms with Gasteiger partial charge in [0.2, 0.25) is 11.8 Å². The summed E-state index contributed by atoms with van der Waals surface area (Å²) in [6.07, 6.45) is -4.06. The maximum Gasteiger partial charge on any atom is 0.573 e. The van der Waals surface area contributed by atoms with E-state index in [1.54, 1.807) is 0 Å². The second-order valence-electron chi connectivity index (χ2n) is 6.04. The number of rotatable bonds is 5. The van der Waals surface area contributed by atoms with Crippen LogP contribution in [0.5, 0.6) is 5.75 Å². The molecule has 8 heteroatoms. The molecule has 1 fully saturated rings. The third kappa shape index (κ3) is 4.87. The van der Waals surface area contributed by atoms with Crippen LogP contribution in [0.15, 0.2) is 24.3 Å². The van der Waals surface area contributed by atoms with Crippen LogP contribution < -0.4 is 15.0 Å². The van der Waals surface area contributed by atoms with Gasteiger partial charge in [-0.15, -0.1) is 13.2 Å². The van der Waals surface area contributed by atoms with Crippen LogP contribution in [0, 0.1) is 5.92 Å². The summed E-state index contributed by atoms with van der Waals surface area (Å²) in [6.45, 7) is 4.12. The summed E-state index contributed by atoms with van der Waals surface area (Å²) >= 11 is 0. The summed E-state index contributed by atoms with van der Waals surface area (Å²) in [5.41, 5.74) is 0.308. The van der Waals surface area contributed by atoms with Gasteiger partial charge in [-0.2, -0.15) is 0 Å². The molecule has 1 saturated heterocycles. The van der Waals surface area contributed by atoms with Gasteiger partial charge in [0.15, 0.2) is 0 Å². The van der Waals surface area contributed by atoms with Crippen LogP contribution in [0.4, 0.5) is 18.9 Å². The number of carbonyl (C=O) groups excluding carboxylic acids is 2. The molecule has 5 nitrogen and oxygen atoms in total. The third-order valence-electron chi connectivity index (χ3n) is 3.50. The number of nitrogens with zero attached hydrogens (tertiary/aromatic N) is 1. The maximum atomic E-state index is 12.4. The summed E-state index contributed by atoms with van der Waals surface area (Å²) in [5.74, 6) is -0.760. The second kappa shape index (κ2) is 7.11. The molecule has 0 spiro atoms. The van der Waals surface area contributed by atoms with E-state index in [4.69, 9.17) is 0 Å². The predicted molar refractivity (Wildman–Crippen MR) is 81.5 cm³/mol. The Kier molecular flexibility index (Phi) is 5.36. The van der Waals surface area contributed by atoms with Crippen molar-refractivity contribution in [3.8, 4) is 5.75 Å². The molecular formula is C16H19F3N2O3. The molecule has 1 aliphatic heterocycles. The van der Waals surface area contributed by atoms with Crippen molar-refractivity contribution >= 4 is 17.5 Å². The number of halogens is 3. The standard InChI is InChI=1S/C16H19F3N2O3/c1-10(2)8-14(22)20-13-6-7-21(15(13)23)11-4-3-5-12(9-11)24-16(17,18)19/h3-5,9-10,13H,6-8H2,1-2H3,(H,20,22). The lowest BCUT2D eigenvalue weighted by Gasteiger charge is -2.18. The van der Waals surface area contributed by atoms with Gasteiger partial charge in [-0.3, -0.25) is 9.59 Å². The summed E-state index contributed by atoms with van der Waals surface area (Å²) in [5, 5.41) is 2.67. The lowest BCUT2D eigenvalue weighted by Crippen LogP contribution is -2.41. The number of alkyl halides is 3. The minimum absolute atomic E-state index is 0.175. The quantitative estimate of drug-likeness (QED) is 0.894. The van der Waals surface area contributed by atoms with Crippen molar-refractivity contribution in [2.45, 2.75) is 39.1 Å². The van der Waals surface area contributed by atoms with Gasteiger partial charge in [0.1, 0.15) is 11.8 Å². The zero-order chi connectivity index (χ0) is 17.9. The molecule has 1 aliphatic rings. The Bertz CT molecular complexity index is 617. The molecule has 0 aromatic heterocycles. The van der Waals surface area contributed by atoms with Crippen molar-refractivity contribution < 1.29 is 27.5 Å². The van der Waals surface area contributed by atoms with Crippen molar-refractivity contribution in [3.05, 3.63) is 24.3 Å². The average Bonchev–Trinajstić information content (AvgIpc) is 2.77. The van der Waals surface area contributed by atoms with E-state index in [0.717, 1.165) is 6.07 Å². The highest BCUT2D eigenvalue weighted by atomic mass is 19.4. The smallest absolute Gasteiger partial charge is 0.406 e. The number of anilines is 1. The maximum absolute atomic E-state index is 12.4. The summed E-state index contributed by atoms with van der Waals surface area (Å²) < 4.78 is 40.7. The summed E-state index contributed by atoms with van der Waals surface area (Å²) in [6, 6.07) is 4.58. The molecule has 2 rings (SSSR count). The lowest BCUT2D eigenvalue weighted by atomic mass is 10.1. The molecule has 0 bridgehead atoms. The molecule has 1 aromatic carbocycles. The van der Waals surface area contributed by atoms with E-state index in [2.05, 4.69) is 10.1 Å². The van der Waals surface area contributed by atoms with E-state index >= 15 is 0 Å².